The third kappa shape index (κ3) is 2.91. The molecule has 1 aliphatic rings. The van der Waals surface area contributed by atoms with E-state index in [9.17, 15) is 4.79 Å². The zero-order chi connectivity index (χ0) is 18.3. The quantitative estimate of drug-likeness (QED) is 0.652. The Hall–Kier alpha value is -2.56. The van der Waals surface area contributed by atoms with Crippen molar-refractivity contribution in [1.82, 2.24) is 4.98 Å². The summed E-state index contributed by atoms with van der Waals surface area (Å²) < 4.78 is 0. The molecule has 2 aromatic carbocycles. The van der Waals surface area contributed by atoms with Gasteiger partial charge in [0.1, 0.15) is 12.0 Å². The normalized spacial score (nSPS) is 15.9. The maximum absolute atomic E-state index is 13.0. The predicted molar refractivity (Wildman–Crippen MR) is 105 cm³/mol. The molecule has 1 aliphatic heterocycles. The first-order valence-electron chi connectivity index (χ1n) is 8.11. The van der Waals surface area contributed by atoms with Gasteiger partial charge in [-0.05, 0) is 42.8 Å². The van der Waals surface area contributed by atoms with Crippen LogP contribution in [0.5, 0.6) is 0 Å². The van der Waals surface area contributed by atoms with E-state index in [-0.39, 0.29) is 5.91 Å². The fraction of sp³-hybridized carbons (Fsp3) is 0.100. The molecule has 0 spiro atoms. The van der Waals surface area contributed by atoms with Crippen LogP contribution in [0.2, 0.25) is 10.0 Å². The molecule has 1 N–H and O–H groups in total. The highest BCUT2D eigenvalue weighted by atomic mass is 35.5. The van der Waals surface area contributed by atoms with Crippen molar-refractivity contribution in [3.63, 3.8) is 0 Å². The molecule has 4 rings (SSSR count). The van der Waals surface area contributed by atoms with E-state index >= 15 is 0 Å². The molecule has 3 aromatic rings. The van der Waals surface area contributed by atoms with Gasteiger partial charge in [-0.1, -0.05) is 47.5 Å². The molecule has 0 saturated carbocycles. The van der Waals surface area contributed by atoms with E-state index < -0.39 is 6.17 Å². The summed E-state index contributed by atoms with van der Waals surface area (Å²) in [5, 5.41) is 4.41. The van der Waals surface area contributed by atoms with Crippen LogP contribution in [0.1, 0.15) is 27.7 Å². The smallest absolute Gasteiger partial charge is 0.261 e. The third-order valence-electron chi connectivity index (χ3n) is 4.33. The number of hydrogen-bond acceptors (Lipinski definition) is 3. The Morgan fingerprint density at radius 1 is 1.08 bits per heavy atom. The van der Waals surface area contributed by atoms with Gasteiger partial charge in [-0.25, -0.2) is 4.98 Å². The Kier molecular flexibility index (Phi) is 4.31. The summed E-state index contributed by atoms with van der Waals surface area (Å²) >= 11 is 12.3. The average molecular weight is 384 g/mol. The second kappa shape index (κ2) is 6.63. The Morgan fingerprint density at radius 2 is 1.88 bits per heavy atom. The van der Waals surface area contributed by atoms with Gasteiger partial charge in [0.05, 0.1) is 10.7 Å². The number of fused-ring (bicyclic) bond motifs is 1. The third-order valence-corrected chi connectivity index (χ3v) is 4.88. The number of aromatic nitrogens is 1. The van der Waals surface area contributed by atoms with Crippen LogP contribution < -0.4 is 10.2 Å². The van der Waals surface area contributed by atoms with Crippen LogP contribution in [0.3, 0.4) is 0 Å². The zero-order valence-electron chi connectivity index (χ0n) is 13.9. The van der Waals surface area contributed by atoms with E-state index in [1.807, 2.05) is 43.3 Å². The maximum atomic E-state index is 13.0. The van der Waals surface area contributed by atoms with Crippen molar-refractivity contribution in [2.75, 3.05) is 10.2 Å². The SMILES string of the molecule is Cc1ccc(N2C(=O)c3ccccc3[C@H]2Nc2ccc(Cl)cc2Cl)nc1. The summed E-state index contributed by atoms with van der Waals surface area (Å²) in [5.74, 6) is 0.485. The van der Waals surface area contributed by atoms with Crippen molar-refractivity contribution in [2.24, 2.45) is 0 Å². The van der Waals surface area contributed by atoms with E-state index in [1.54, 1.807) is 29.3 Å². The number of aryl methyl sites for hydroxylation is 1. The lowest BCUT2D eigenvalue weighted by Gasteiger charge is -2.26. The highest BCUT2D eigenvalue weighted by Gasteiger charge is 2.38. The van der Waals surface area contributed by atoms with Gasteiger partial charge in [-0.3, -0.25) is 9.69 Å². The van der Waals surface area contributed by atoms with Gasteiger partial charge in [0.2, 0.25) is 0 Å². The molecule has 4 nitrogen and oxygen atoms in total. The highest BCUT2D eigenvalue weighted by Crippen LogP contribution is 2.38. The van der Waals surface area contributed by atoms with Crippen molar-refractivity contribution in [3.05, 3.63) is 87.5 Å². The molecule has 0 unspecified atom stereocenters. The molecule has 26 heavy (non-hydrogen) atoms. The van der Waals surface area contributed by atoms with Crippen LogP contribution in [0.25, 0.3) is 0 Å². The minimum Gasteiger partial charge on any atom is -0.360 e. The molecule has 0 radical (unpaired) electrons. The fourth-order valence-electron chi connectivity index (χ4n) is 3.05. The number of pyridine rings is 1. The number of nitrogens with one attached hydrogen (secondary N) is 1. The number of halogens is 2. The van der Waals surface area contributed by atoms with Crippen molar-refractivity contribution >= 4 is 40.6 Å². The zero-order valence-corrected chi connectivity index (χ0v) is 15.4. The number of amides is 1. The van der Waals surface area contributed by atoms with Crippen molar-refractivity contribution < 1.29 is 4.79 Å². The number of rotatable bonds is 3. The summed E-state index contributed by atoms with van der Waals surface area (Å²) in [6.07, 6.45) is 1.34. The number of hydrogen-bond donors (Lipinski definition) is 1. The molecule has 1 amide bonds. The molecule has 1 aromatic heterocycles. The highest BCUT2D eigenvalue weighted by molar-refractivity contribution is 6.36. The van der Waals surface area contributed by atoms with Gasteiger partial charge in [0, 0.05) is 22.3 Å². The maximum Gasteiger partial charge on any atom is 0.261 e. The van der Waals surface area contributed by atoms with Crippen molar-refractivity contribution in [2.45, 2.75) is 13.1 Å². The molecular weight excluding hydrogens is 369 g/mol. The van der Waals surface area contributed by atoms with E-state index in [0.29, 0.717) is 27.1 Å². The van der Waals surface area contributed by atoms with Crippen LogP contribution in [-0.4, -0.2) is 10.9 Å². The number of carbonyl (C=O) groups is 1. The van der Waals surface area contributed by atoms with Crippen LogP contribution in [-0.2, 0) is 0 Å². The molecule has 1 atom stereocenters. The molecule has 0 fully saturated rings. The predicted octanol–water partition coefficient (Wildman–Crippen LogP) is 5.47. The summed E-state index contributed by atoms with van der Waals surface area (Å²) in [6.45, 7) is 1.96. The Bertz CT molecular complexity index is 989. The average Bonchev–Trinajstić information content (AvgIpc) is 2.91. The van der Waals surface area contributed by atoms with Gasteiger partial charge < -0.3 is 5.32 Å². The topological polar surface area (TPSA) is 45.2 Å². The lowest BCUT2D eigenvalue weighted by atomic mass is 10.1. The monoisotopic (exact) mass is 383 g/mol. The molecule has 6 heteroatoms. The molecule has 130 valence electrons. The first kappa shape index (κ1) is 16.9. The molecule has 2 heterocycles. The first-order chi connectivity index (χ1) is 12.5. The van der Waals surface area contributed by atoms with Crippen molar-refractivity contribution in [3.8, 4) is 0 Å². The van der Waals surface area contributed by atoms with E-state index in [0.717, 1.165) is 11.1 Å². The van der Waals surface area contributed by atoms with Gasteiger partial charge in [0.15, 0.2) is 0 Å². The second-order valence-electron chi connectivity index (χ2n) is 6.13. The molecule has 0 aliphatic carbocycles. The van der Waals surface area contributed by atoms with E-state index in [1.165, 1.54) is 0 Å². The lowest BCUT2D eigenvalue weighted by molar-refractivity contribution is 0.0992. The molecule has 0 saturated heterocycles. The molecular formula is C20H15Cl2N3O. The van der Waals surface area contributed by atoms with Gasteiger partial charge >= 0.3 is 0 Å². The Balaban J connectivity index is 1.79. The fourth-order valence-corrected chi connectivity index (χ4v) is 3.51. The number of anilines is 2. The first-order valence-corrected chi connectivity index (χ1v) is 8.87. The lowest BCUT2D eigenvalue weighted by Crippen LogP contribution is -2.33. The second-order valence-corrected chi connectivity index (χ2v) is 6.97. The number of carbonyl (C=O) groups excluding carboxylic acids is 1. The Morgan fingerprint density at radius 3 is 2.62 bits per heavy atom. The minimum absolute atomic E-state index is 0.0976. The molecule has 0 bridgehead atoms. The van der Waals surface area contributed by atoms with Crippen LogP contribution >= 0.6 is 23.2 Å². The summed E-state index contributed by atoms with van der Waals surface area (Å²) in [5.41, 5.74) is 3.26. The van der Waals surface area contributed by atoms with Gasteiger partial charge in [-0.2, -0.15) is 0 Å². The van der Waals surface area contributed by atoms with Gasteiger partial charge in [-0.15, -0.1) is 0 Å². The van der Waals surface area contributed by atoms with Crippen LogP contribution in [0.4, 0.5) is 11.5 Å². The number of benzene rings is 2. The van der Waals surface area contributed by atoms with Crippen molar-refractivity contribution in [1.29, 1.82) is 0 Å². The summed E-state index contributed by atoms with van der Waals surface area (Å²) in [6, 6.07) is 16.5. The largest absolute Gasteiger partial charge is 0.360 e. The Labute approximate surface area is 161 Å². The summed E-state index contributed by atoms with van der Waals surface area (Å²) in [7, 11) is 0. The minimum atomic E-state index is -0.410. The van der Waals surface area contributed by atoms with Crippen LogP contribution in [0, 0.1) is 6.92 Å². The van der Waals surface area contributed by atoms with Gasteiger partial charge in [0.25, 0.3) is 5.91 Å². The van der Waals surface area contributed by atoms with E-state index in [4.69, 9.17) is 23.2 Å². The summed E-state index contributed by atoms with van der Waals surface area (Å²) in [4.78, 5) is 19.1. The standard InChI is InChI=1S/C20H15Cl2N3O/c1-12-6-9-18(23-11-12)25-19(14-4-2-3-5-15(14)20(25)26)24-17-8-7-13(21)10-16(17)22/h2-11,19,24H,1H3/t19-/m0/s1. The van der Waals surface area contributed by atoms with E-state index in [2.05, 4.69) is 10.3 Å². The van der Waals surface area contributed by atoms with Crippen LogP contribution in [0.15, 0.2) is 60.8 Å². The number of nitrogens with zero attached hydrogens (tertiary/aromatic N) is 2.